The molecule has 4 heterocycles. The number of aromatic nitrogens is 3. The molecule has 0 N–H and O–H groups in total. The first kappa shape index (κ1) is 37.7. The van der Waals surface area contributed by atoms with E-state index in [1.807, 2.05) is 76.2 Å². The normalized spacial score (nSPS) is 18.0. The van der Waals surface area contributed by atoms with Crippen molar-refractivity contribution in [1.82, 2.24) is 24.3 Å². The van der Waals surface area contributed by atoms with Crippen LogP contribution in [0.1, 0.15) is 53.1 Å². The number of likely N-dealkylation sites (tertiary alicyclic amines) is 2. The summed E-state index contributed by atoms with van der Waals surface area (Å²) >= 11 is 12.7. The van der Waals surface area contributed by atoms with Crippen LogP contribution in [0, 0.1) is 11.3 Å². The monoisotopic (exact) mass is 769 g/mol. The minimum absolute atomic E-state index is 0.0753. The van der Waals surface area contributed by atoms with Crippen molar-refractivity contribution in [1.29, 1.82) is 0 Å². The summed E-state index contributed by atoms with van der Waals surface area (Å²) in [5.41, 5.74) is 3.86. The summed E-state index contributed by atoms with van der Waals surface area (Å²) in [6.45, 7) is 3.79. The average Bonchev–Trinajstić information content (AvgIpc) is 3.71. The SMILES string of the molecule is COc1cc(CN2CCC(CCN3CCC(C(=O)c4nc5ccccc5n4Cc4ccccn4)CC3)(Cc3ccc(Cl)c(Cl)c3)C2=O)cc(OC)c1OC. The predicted molar refractivity (Wildman–Crippen MR) is 210 cm³/mol. The summed E-state index contributed by atoms with van der Waals surface area (Å²) in [4.78, 5) is 42.3. The lowest BCUT2D eigenvalue weighted by Gasteiger charge is -2.35. The Labute approximate surface area is 325 Å². The fraction of sp³-hybridized carbons (Fsp3) is 0.381. The second-order valence-corrected chi connectivity index (χ2v) is 15.1. The third-order valence-electron chi connectivity index (χ3n) is 11.0. The molecule has 7 rings (SSSR count). The van der Waals surface area contributed by atoms with Gasteiger partial charge in [0.2, 0.25) is 17.4 Å². The van der Waals surface area contributed by atoms with Crippen LogP contribution in [0.3, 0.4) is 0 Å². The van der Waals surface area contributed by atoms with E-state index in [-0.39, 0.29) is 17.6 Å². The summed E-state index contributed by atoms with van der Waals surface area (Å²) in [6.07, 6.45) is 5.16. The Morgan fingerprint density at radius 2 is 1.59 bits per heavy atom. The summed E-state index contributed by atoms with van der Waals surface area (Å²) in [7, 11) is 4.75. The molecule has 1 amide bonds. The van der Waals surface area contributed by atoms with E-state index in [2.05, 4.69) is 9.88 Å². The van der Waals surface area contributed by atoms with Crippen molar-refractivity contribution in [3.8, 4) is 17.2 Å². The molecular weight excluding hydrogens is 725 g/mol. The van der Waals surface area contributed by atoms with Gasteiger partial charge in [-0.1, -0.05) is 47.5 Å². The van der Waals surface area contributed by atoms with Crippen LogP contribution in [0.25, 0.3) is 11.0 Å². The van der Waals surface area contributed by atoms with Gasteiger partial charge in [-0.25, -0.2) is 4.98 Å². The maximum atomic E-state index is 14.5. The van der Waals surface area contributed by atoms with Crippen LogP contribution in [0.4, 0.5) is 0 Å². The van der Waals surface area contributed by atoms with E-state index in [0.717, 1.165) is 60.3 Å². The van der Waals surface area contributed by atoms with E-state index in [4.69, 9.17) is 42.4 Å². The smallest absolute Gasteiger partial charge is 0.229 e. The average molecular weight is 771 g/mol. The summed E-state index contributed by atoms with van der Waals surface area (Å²) in [5, 5.41) is 0.963. The number of imidazole rings is 1. The third-order valence-corrected chi connectivity index (χ3v) is 11.8. The Hall–Kier alpha value is -4.64. The number of carbonyl (C=O) groups excluding carboxylic acids is 2. The summed E-state index contributed by atoms with van der Waals surface area (Å²) in [6, 6.07) is 23.1. The van der Waals surface area contributed by atoms with Crippen molar-refractivity contribution in [3.63, 3.8) is 0 Å². The maximum Gasteiger partial charge on any atom is 0.229 e. The van der Waals surface area contributed by atoms with Crippen LogP contribution < -0.4 is 14.2 Å². The number of halogens is 2. The zero-order valence-electron chi connectivity index (χ0n) is 30.9. The van der Waals surface area contributed by atoms with E-state index in [0.29, 0.717) is 72.0 Å². The molecule has 2 aromatic heterocycles. The number of methoxy groups -OCH3 is 3. The number of carbonyl (C=O) groups is 2. The Bertz CT molecular complexity index is 2110. The fourth-order valence-electron chi connectivity index (χ4n) is 8.07. The number of pyridine rings is 1. The van der Waals surface area contributed by atoms with Gasteiger partial charge in [0, 0.05) is 25.2 Å². The minimum atomic E-state index is -0.624. The zero-order valence-corrected chi connectivity index (χ0v) is 32.4. The van der Waals surface area contributed by atoms with Gasteiger partial charge >= 0.3 is 0 Å². The van der Waals surface area contributed by atoms with Gasteiger partial charge in [-0.3, -0.25) is 14.6 Å². The number of ether oxygens (including phenoxy) is 3. The first-order valence-electron chi connectivity index (χ1n) is 18.4. The van der Waals surface area contributed by atoms with Crippen LogP contribution in [0.5, 0.6) is 17.2 Å². The largest absolute Gasteiger partial charge is 0.493 e. The van der Waals surface area contributed by atoms with Crippen molar-refractivity contribution in [2.75, 3.05) is 47.5 Å². The van der Waals surface area contributed by atoms with Gasteiger partial charge in [0.1, 0.15) is 0 Å². The van der Waals surface area contributed by atoms with Crippen LogP contribution >= 0.6 is 23.2 Å². The lowest BCUT2D eigenvalue weighted by Crippen LogP contribution is -2.42. The van der Waals surface area contributed by atoms with Crippen LogP contribution in [-0.4, -0.2) is 83.5 Å². The number of benzene rings is 3. The second kappa shape index (κ2) is 16.4. The number of rotatable bonds is 14. The minimum Gasteiger partial charge on any atom is -0.493 e. The molecule has 54 heavy (non-hydrogen) atoms. The molecule has 0 radical (unpaired) electrons. The highest BCUT2D eigenvalue weighted by atomic mass is 35.5. The third kappa shape index (κ3) is 7.78. The molecule has 0 saturated carbocycles. The highest BCUT2D eigenvalue weighted by Gasteiger charge is 2.46. The molecular formula is C42H45Cl2N5O5. The van der Waals surface area contributed by atoms with E-state index >= 15 is 0 Å². The van der Waals surface area contributed by atoms with Gasteiger partial charge in [0.05, 0.1) is 60.1 Å². The second-order valence-electron chi connectivity index (χ2n) is 14.3. The first-order chi connectivity index (χ1) is 26.2. The topological polar surface area (TPSA) is 99.0 Å². The zero-order chi connectivity index (χ0) is 37.8. The molecule has 10 nitrogen and oxygen atoms in total. The van der Waals surface area contributed by atoms with E-state index in [1.54, 1.807) is 33.6 Å². The molecule has 3 aromatic carbocycles. The lowest BCUT2D eigenvalue weighted by molar-refractivity contribution is -0.137. The number of hydrogen-bond donors (Lipinski definition) is 0. The molecule has 1 atom stereocenters. The van der Waals surface area contributed by atoms with Crippen LogP contribution in [0.15, 0.2) is 79.0 Å². The van der Waals surface area contributed by atoms with Crippen LogP contribution in [-0.2, 0) is 24.3 Å². The molecule has 0 aliphatic carbocycles. The summed E-state index contributed by atoms with van der Waals surface area (Å²) in [5.74, 6) is 2.16. The number of para-hydroxylation sites is 2. The standard InChI is InChI=1S/C42H45Cl2N5O5/c1-52-36-23-29(24-37(53-2)39(36)54-3)26-48-21-16-42(41(48)51,25-28-11-12-32(43)33(44)22-28)15-20-47-18-13-30(14-19-47)38(50)40-46-34-9-4-5-10-35(34)49(40)27-31-8-6-7-17-45-31/h4-12,17,22-24,30H,13-16,18-21,25-27H2,1-3H3. The Kier molecular flexibility index (Phi) is 11.4. The fourth-order valence-corrected chi connectivity index (χ4v) is 8.39. The molecule has 5 aromatic rings. The van der Waals surface area contributed by atoms with Gasteiger partial charge in [0.15, 0.2) is 17.3 Å². The van der Waals surface area contributed by atoms with Gasteiger partial charge < -0.3 is 28.6 Å². The Morgan fingerprint density at radius 3 is 2.28 bits per heavy atom. The molecule has 2 fully saturated rings. The highest BCUT2D eigenvalue weighted by Crippen LogP contribution is 2.43. The van der Waals surface area contributed by atoms with Gasteiger partial charge in [-0.05, 0) is 111 Å². The molecule has 0 spiro atoms. The van der Waals surface area contributed by atoms with Crippen LogP contribution in [0.2, 0.25) is 10.0 Å². The van der Waals surface area contributed by atoms with E-state index < -0.39 is 5.41 Å². The first-order valence-corrected chi connectivity index (χ1v) is 19.1. The van der Waals surface area contributed by atoms with Crippen molar-refractivity contribution >= 4 is 45.9 Å². The summed E-state index contributed by atoms with van der Waals surface area (Å²) < 4.78 is 18.7. The quantitative estimate of drug-likeness (QED) is 0.106. The van der Waals surface area contributed by atoms with Gasteiger partial charge in [-0.2, -0.15) is 0 Å². The Balaban J connectivity index is 1.05. The number of nitrogens with zero attached hydrogens (tertiary/aromatic N) is 5. The molecule has 2 aliphatic rings. The number of hydrogen-bond acceptors (Lipinski definition) is 8. The molecule has 0 bridgehead atoms. The predicted octanol–water partition coefficient (Wildman–Crippen LogP) is 7.76. The molecule has 1 unspecified atom stereocenters. The van der Waals surface area contributed by atoms with Crippen molar-refractivity contribution < 1.29 is 23.8 Å². The number of Topliss-reactive ketones (excluding diaryl/α,β-unsaturated/α-hetero) is 1. The number of ketones is 1. The number of amides is 1. The van der Waals surface area contributed by atoms with Gasteiger partial charge in [0.25, 0.3) is 0 Å². The van der Waals surface area contributed by atoms with Gasteiger partial charge in [-0.15, -0.1) is 0 Å². The Morgan fingerprint density at radius 1 is 0.852 bits per heavy atom. The molecule has 282 valence electrons. The van der Waals surface area contributed by atoms with Crippen molar-refractivity contribution in [2.45, 2.75) is 45.2 Å². The number of piperidine rings is 1. The van der Waals surface area contributed by atoms with Crippen molar-refractivity contribution in [3.05, 3.63) is 112 Å². The maximum absolute atomic E-state index is 14.5. The molecule has 2 saturated heterocycles. The van der Waals surface area contributed by atoms with Crippen molar-refractivity contribution in [2.24, 2.45) is 11.3 Å². The van der Waals surface area contributed by atoms with E-state index in [1.165, 1.54) is 0 Å². The lowest BCUT2D eigenvalue weighted by atomic mass is 9.77. The van der Waals surface area contributed by atoms with E-state index in [9.17, 15) is 9.59 Å². The molecule has 12 heteroatoms. The molecule has 2 aliphatic heterocycles. The number of fused-ring (bicyclic) bond motifs is 1. The highest BCUT2D eigenvalue weighted by molar-refractivity contribution is 6.42.